The van der Waals surface area contributed by atoms with Crippen molar-refractivity contribution in [3.63, 3.8) is 0 Å². The van der Waals surface area contributed by atoms with Gasteiger partial charge in [0, 0.05) is 17.2 Å². The molecule has 1 aromatic heterocycles. The summed E-state index contributed by atoms with van der Waals surface area (Å²) in [5.41, 5.74) is 6.61. The fourth-order valence-electron chi connectivity index (χ4n) is 2.91. The Bertz CT molecular complexity index is 797. The van der Waals surface area contributed by atoms with Gasteiger partial charge in [0.25, 0.3) is 0 Å². The van der Waals surface area contributed by atoms with Gasteiger partial charge in [-0.05, 0) is 42.2 Å². The number of allylic oxidation sites excluding steroid dienone is 2. The Morgan fingerprint density at radius 3 is 2.85 bits per heavy atom. The average Bonchev–Trinajstić information content (AvgIpc) is 2.48. The number of aryl methyl sites for hydroxylation is 2. The largest absolute Gasteiger partial charge is 0.221 e. The maximum Gasteiger partial charge on any atom is 0.221 e. The van der Waals surface area contributed by atoms with Crippen LogP contribution in [-0.4, -0.2) is 0 Å². The lowest BCUT2D eigenvalue weighted by Crippen LogP contribution is -2.26. The lowest BCUT2D eigenvalue weighted by molar-refractivity contribution is -0.486. The number of nitrogens with zero attached hydrogens (tertiary/aromatic N) is 1. The molecule has 100 valence electrons. The third-order valence-electron chi connectivity index (χ3n) is 4.04. The van der Waals surface area contributed by atoms with Crippen LogP contribution in [0.25, 0.3) is 17.3 Å². The Morgan fingerprint density at radius 2 is 2.10 bits per heavy atom. The van der Waals surface area contributed by atoms with Gasteiger partial charge in [-0.1, -0.05) is 37.3 Å². The van der Waals surface area contributed by atoms with E-state index in [9.17, 15) is 0 Å². The van der Waals surface area contributed by atoms with Crippen LogP contribution in [0, 0.1) is 13.6 Å². The standard InChI is InChI=1S/C19H20N/c1-4-15-9-10-17(14(2)13-15)19-18-8-6-5-7-16(18)11-12-20(19)3/h5-7,9-13H,3-4,8H2,1-2H3/q+1. The molecule has 1 aromatic carbocycles. The summed E-state index contributed by atoms with van der Waals surface area (Å²) in [6.45, 7) is 8.55. The number of aromatic nitrogens is 1. The van der Waals surface area contributed by atoms with Crippen LogP contribution in [0.1, 0.15) is 23.6 Å². The summed E-state index contributed by atoms with van der Waals surface area (Å²) in [7, 11) is 0. The van der Waals surface area contributed by atoms with Crippen molar-refractivity contribution in [2.24, 2.45) is 0 Å². The first-order valence-electron chi connectivity index (χ1n) is 7.19. The summed E-state index contributed by atoms with van der Waals surface area (Å²) in [5, 5.41) is 1.31. The van der Waals surface area contributed by atoms with E-state index in [2.05, 4.69) is 69.3 Å². The van der Waals surface area contributed by atoms with E-state index in [0.717, 1.165) is 12.8 Å². The first-order chi connectivity index (χ1) is 9.70. The van der Waals surface area contributed by atoms with Gasteiger partial charge in [-0.15, -0.1) is 0 Å². The van der Waals surface area contributed by atoms with Gasteiger partial charge in [0.15, 0.2) is 6.20 Å². The Kier molecular flexibility index (Phi) is 3.27. The topological polar surface area (TPSA) is 5.90 Å². The fraction of sp³-hybridized carbons (Fsp3) is 0.211. The van der Waals surface area contributed by atoms with Gasteiger partial charge >= 0.3 is 0 Å². The zero-order chi connectivity index (χ0) is 14.1. The van der Waals surface area contributed by atoms with Crippen LogP contribution in [-0.2, 0) is 12.8 Å². The molecule has 0 spiro atoms. The number of benzene rings is 1. The first kappa shape index (κ1) is 12.9. The van der Waals surface area contributed by atoms with Crippen LogP contribution in [0.3, 0.4) is 0 Å². The van der Waals surface area contributed by atoms with E-state index < -0.39 is 0 Å². The van der Waals surface area contributed by atoms with Crippen molar-refractivity contribution in [3.8, 4) is 11.3 Å². The van der Waals surface area contributed by atoms with Crippen LogP contribution >= 0.6 is 0 Å². The molecule has 0 saturated heterocycles. The van der Waals surface area contributed by atoms with E-state index in [1.165, 1.54) is 33.2 Å². The monoisotopic (exact) mass is 262 g/mol. The van der Waals surface area contributed by atoms with Crippen LogP contribution in [0.4, 0.5) is 0 Å². The molecule has 0 aliphatic heterocycles. The Hall–Kier alpha value is -2.15. The lowest BCUT2D eigenvalue weighted by atomic mass is 9.94. The van der Waals surface area contributed by atoms with Crippen molar-refractivity contribution in [1.29, 1.82) is 0 Å². The van der Waals surface area contributed by atoms with E-state index in [1.807, 2.05) is 4.24 Å². The van der Waals surface area contributed by atoms with Crippen molar-refractivity contribution in [1.82, 2.24) is 0 Å². The molecule has 0 N–H and O–H groups in total. The zero-order valence-corrected chi connectivity index (χ0v) is 12.2. The number of pyridine rings is 1. The molecule has 1 nitrogen and oxygen atoms in total. The summed E-state index contributed by atoms with van der Waals surface area (Å²) in [6.07, 6.45) is 10.6. The van der Waals surface area contributed by atoms with Gasteiger partial charge in [0.1, 0.15) is 6.72 Å². The highest BCUT2D eigenvalue weighted by atomic mass is 14.8. The predicted molar refractivity (Wildman–Crippen MR) is 83.9 cm³/mol. The number of fused-ring (bicyclic) bond motifs is 1. The highest BCUT2D eigenvalue weighted by Crippen LogP contribution is 2.24. The average molecular weight is 262 g/mol. The van der Waals surface area contributed by atoms with Crippen LogP contribution < -0.4 is 9.46 Å². The Balaban J connectivity index is 2.28. The second-order valence-electron chi connectivity index (χ2n) is 5.37. The molecule has 2 aromatic rings. The van der Waals surface area contributed by atoms with E-state index in [1.54, 1.807) is 0 Å². The second kappa shape index (κ2) is 5.09. The molecular weight excluding hydrogens is 242 g/mol. The van der Waals surface area contributed by atoms with Crippen molar-refractivity contribution in [2.75, 3.05) is 0 Å². The first-order valence-corrected chi connectivity index (χ1v) is 7.19. The van der Waals surface area contributed by atoms with Gasteiger partial charge < -0.3 is 0 Å². The molecule has 20 heavy (non-hydrogen) atoms. The van der Waals surface area contributed by atoms with E-state index >= 15 is 0 Å². The quantitative estimate of drug-likeness (QED) is 0.734. The van der Waals surface area contributed by atoms with Crippen molar-refractivity contribution in [2.45, 2.75) is 26.7 Å². The Morgan fingerprint density at radius 1 is 1.25 bits per heavy atom. The maximum atomic E-state index is 4.17. The minimum Gasteiger partial charge on any atom is -0.173 e. The summed E-state index contributed by atoms with van der Waals surface area (Å²) >= 11 is 0. The molecule has 1 aliphatic rings. The molecule has 0 amide bonds. The molecule has 0 atom stereocenters. The van der Waals surface area contributed by atoms with Gasteiger partial charge in [0.05, 0.1) is 0 Å². The lowest BCUT2D eigenvalue weighted by Gasteiger charge is -2.10. The smallest absolute Gasteiger partial charge is 0.173 e. The fourth-order valence-corrected chi connectivity index (χ4v) is 2.91. The highest BCUT2D eigenvalue weighted by Gasteiger charge is 2.17. The molecule has 0 saturated carbocycles. The van der Waals surface area contributed by atoms with Crippen LogP contribution in [0.5, 0.6) is 0 Å². The maximum absolute atomic E-state index is 4.17. The molecule has 1 heterocycles. The molecule has 0 fully saturated rings. The molecule has 0 bridgehead atoms. The van der Waals surface area contributed by atoms with Gasteiger partial charge in [-0.2, -0.15) is 4.24 Å². The predicted octanol–water partition coefficient (Wildman–Crippen LogP) is 3.04. The third kappa shape index (κ3) is 2.09. The minimum atomic E-state index is 0.979. The molecule has 0 unspecified atom stereocenters. The summed E-state index contributed by atoms with van der Waals surface area (Å²) in [5.74, 6) is 0. The third-order valence-corrected chi connectivity index (χ3v) is 4.04. The molecule has 1 aliphatic carbocycles. The van der Waals surface area contributed by atoms with Crippen molar-refractivity contribution >= 4 is 6.08 Å². The van der Waals surface area contributed by atoms with Crippen LogP contribution in [0.15, 0.2) is 42.6 Å². The molecule has 3 rings (SSSR count). The second-order valence-corrected chi connectivity index (χ2v) is 5.37. The van der Waals surface area contributed by atoms with Gasteiger partial charge in [-0.3, -0.25) is 0 Å². The minimum absolute atomic E-state index is 0.979. The van der Waals surface area contributed by atoms with E-state index in [0.29, 0.717) is 0 Å². The number of rotatable bonds is 2. The summed E-state index contributed by atoms with van der Waals surface area (Å²) < 4.78 is 2.00. The summed E-state index contributed by atoms with van der Waals surface area (Å²) in [6, 6.07) is 8.90. The SMILES string of the molecule is C=[n+]1ccc2c(c1-c1ccc(CC)cc1C)CC=CC=2. The van der Waals surface area contributed by atoms with Crippen molar-refractivity contribution < 1.29 is 4.24 Å². The molecular formula is C19H20N+. The van der Waals surface area contributed by atoms with E-state index in [4.69, 9.17) is 0 Å². The van der Waals surface area contributed by atoms with Gasteiger partial charge in [-0.25, -0.2) is 0 Å². The highest BCUT2D eigenvalue weighted by molar-refractivity contribution is 5.66. The van der Waals surface area contributed by atoms with E-state index in [-0.39, 0.29) is 0 Å². The zero-order valence-electron chi connectivity index (χ0n) is 12.2. The van der Waals surface area contributed by atoms with Gasteiger partial charge in [0.2, 0.25) is 5.69 Å². The summed E-state index contributed by atoms with van der Waals surface area (Å²) in [4.78, 5) is 0. The number of hydrogen-bond donors (Lipinski definition) is 0. The number of hydrogen-bond acceptors (Lipinski definition) is 0. The normalized spacial score (nSPS) is 12.9. The van der Waals surface area contributed by atoms with Crippen molar-refractivity contribution in [3.05, 3.63) is 71.2 Å². The molecule has 1 heteroatoms. The molecule has 0 radical (unpaired) electrons. The van der Waals surface area contributed by atoms with Crippen LogP contribution in [0.2, 0.25) is 0 Å². The Labute approximate surface area is 120 Å².